The Morgan fingerprint density at radius 1 is 1.46 bits per heavy atom. The number of ketones is 1. The highest BCUT2D eigenvalue weighted by Gasteiger charge is 2.18. The molecule has 0 bridgehead atoms. The molecule has 0 fully saturated rings. The number of nitrogens with zero attached hydrogens (tertiary/aromatic N) is 1. The van der Waals surface area contributed by atoms with Crippen LogP contribution < -0.4 is 4.74 Å². The van der Waals surface area contributed by atoms with Crippen LogP contribution in [0.5, 0.6) is 5.88 Å². The van der Waals surface area contributed by atoms with Crippen molar-refractivity contribution >= 4 is 5.78 Å². The van der Waals surface area contributed by atoms with E-state index in [1.165, 1.54) is 0 Å². The van der Waals surface area contributed by atoms with E-state index in [0.29, 0.717) is 23.7 Å². The lowest BCUT2D eigenvalue weighted by Gasteiger charge is -2.14. The Balaban J connectivity index is 2.45. The fourth-order valence-electron chi connectivity index (χ4n) is 1.28. The van der Waals surface area contributed by atoms with Crippen LogP contribution in [-0.2, 0) is 11.3 Å². The quantitative estimate of drug-likeness (QED) is 0.639. The first-order chi connectivity index (χ1) is 6.31. The third-order valence-corrected chi connectivity index (χ3v) is 1.93. The maximum atomic E-state index is 11.3. The molecule has 2 rings (SSSR count). The predicted molar refractivity (Wildman–Crippen MR) is 44.8 cm³/mol. The second-order valence-electron chi connectivity index (χ2n) is 2.76. The van der Waals surface area contributed by atoms with Gasteiger partial charge in [0, 0.05) is 11.6 Å². The van der Waals surface area contributed by atoms with Crippen LogP contribution in [0.15, 0.2) is 12.1 Å². The SMILES string of the molecule is COc1ccc2c(n1)COCC2=O. The van der Waals surface area contributed by atoms with Gasteiger partial charge in [-0.2, -0.15) is 0 Å². The number of carbonyl (C=O) groups is 1. The van der Waals surface area contributed by atoms with Crippen LogP contribution in [-0.4, -0.2) is 24.5 Å². The topological polar surface area (TPSA) is 48.4 Å². The molecule has 13 heavy (non-hydrogen) atoms. The molecule has 0 saturated heterocycles. The molecule has 1 aromatic heterocycles. The Bertz CT molecular complexity index is 349. The van der Waals surface area contributed by atoms with Gasteiger partial charge in [0.2, 0.25) is 5.88 Å². The molecular formula is C9H9NO3. The van der Waals surface area contributed by atoms with Crippen molar-refractivity contribution in [3.05, 3.63) is 23.4 Å². The zero-order valence-electron chi connectivity index (χ0n) is 7.24. The number of fused-ring (bicyclic) bond motifs is 1. The van der Waals surface area contributed by atoms with Crippen molar-refractivity contribution in [2.24, 2.45) is 0 Å². The minimum Gasteiger partial charge on any atom is -0.481 e. The molecule has 0 aromatic carbocycles. The molecule has 0 radical (unpaired) electrons. The summed E-state index contributed by atoms with van der Waals surface area (Å²) in [7, 11) is 1.54. The van der Waals surface area contributed by atoms with Crippen molar-refractivity contribution in [2.45, 2.75) is 6.61 Å². The van der Waals surface area contributed by atoms with Crippen LogP contribution in [0.25, 0.3) is 0 Å². The second kappa shape index (κ2) is 3.14. The van der Waals surface area contributed by atoms with Gasteiger partial charge in [-0.3, -0.25) is 4.79 Å². The van der Waals surface area contributed by atoms with E-state index in [4.69, 9.17) is 9.47 Å². The van der Waals surface area contributed by atoms with Crippen LogP contribution >= 0.6 is 0 Å². The summed E-state index contributed by atoms with van der Waals surface area (Å²) in [5.41, 5.74) is 1.31. The van der Waals surface area contributed by atoms with E-state index < -0.39 is 0 Å². The summed E-state index contributed by atoms with van der Waals surface area (Å²) in [6, 6.07) is 3.41. The van der Waals surface area contributed by atoms with Crippen LogP contribution in [0.1, 0.15) is 16.1 Å². The summed E-state index contributed by atoms with van der Waals surface area (Å²) in [5.74, 6) is 0.494. The highest BCUT2D eigenvalue weighted by Crippen LogP contribution is 2.17. The van der Waals surface area contributed by atoms with Crippen molar-refractivity contribution < 1.29 is 14.3 Å². The standard InChI is InChI=1S/C9H9NO3/c1-12-9-3-2-6-7(10-9)4-13-5-8(6)11/h2-3H,4-5H2,1H3. The van der Waals surface area contributed by atoms with Crippen molar-refractivity contribution in [2.75, 3.05) is 13.7 Å². The van der Waals surface area contributed by atoms with Crippen molar-refractivity contribution in [3.63, 3.8) is 0 Å². The number of carbonyl (C=O) groups excluding carboxylic acids is 1. The Hall–Kier alpha value is -1.42. The fourth-order valence-corrected chi connectivity index (χ4v) is 1.28. The lowest BCUT2D eigenvalue weighted by atomic mass is 10.1. The van der Waals surface area contributed by atoms with Gasteiger partial charge < -0.3 is 9.47 Å². The molecule has 0 saturated carbocycles. The molecule has 4 heteroatoms. The van der Waals surface area contributed by atoms with E-state index in [9.17, 15) is 4.79 Å². The zero-order valence-corrected chi connectivity index (χ0v) is 7.24. The molecule has 4 nitrogen and oxygen atoms in total. The molecule has 1 aliphatic heterocycles. The number of methoxy groups -OCH3 is 1. The Morgan fingerprint density at radius 2 is 2.31 bits per heavy atom. The van der Waals surface area contributed by atoms with Gasteiger partial charge in [-0.15, -0.1) is 0 Å². The van der Waals surface area contributed by atoms with Gasteiger partial charge >= 0.3 is 0 Å². The minimum absolute atomic E-state index is 0.0172. The number of pyridine rings is 1. The lowest BCUT2D eigenvalue weighted by Crippen LogP contribution is -2.19. The second-order valence-corrected chi connectivity index (χ2v) is 2.76. The number of Topliss-reactive ketones (excluding diaryl/α,β-unsaturated/α-hetero) is 1. The Morgan fingerprint density at radius 3 is 3.08 bits per heavy atom. The van der Waals surface area contributed by atoms with E-state index >= 15 is 0 Å². The van der Waals surface area contributed by atoms with Crippen LogP contribution in [0, 0.1) is 0 Å². The summed E-state index contributed by atoms with van der Waals surface area (Å²) in [6.45, 7) is 0.541. The molecule has 68 valence electrons. The molecule has 0 N–H and O–H groups in total. The monoisotopic (exact) mass is 179 g/mol. The maximum Gasteiger partial charge on any atom is 0.213 e. The summed E-state index contributed by atoms with van der Waals surface area (Å²) in [5, 5.41) is 0. The number of hydrogen-bond acceptors (Lipinski definition) is 4. The molecule has 0 amide bonds. The highest BCUT2D eigenvalue weighted by atomic mass is 16.5. The van der Waals surface area contributed by atoms with E-state index in [0.717, 1.165) is 0 Å². The molecule has 2 heterocycles. The van der Waals surface area contributed by atoms with Crippen LogP contribution in [0.4, 0.5) is 0 Å². The van der Waals surface area contributed by atoms with E-state index in [-0.39, 0.29) is 12.4 Å². The van der Waals surface area contributed by atoms with Gasteiger partial charge in [0.05, 0.1) is 19.4 Å². The molecule has 0 unspecified atom stereocenters. The molecule has 1 aromatic rings. The molecule has 0 atom stereocenters. The predicted octanol–water partition coefficient (Wildman–Crippen LogP) is 0.803. The van der Waals surface area contributed by atoms with Gasteiger partial charge in [-0.1, -0.05) is 0 Å². The average Bonchev–Trinajstić information content (AvgIpc) is 2.18. The first-order valence-electron chi connectivity index (χ1n) is 3.96. The normalized spacial score (nSPS) is 15.3. The van der Waals surface area contributed by atoms with Crippen molar-refractivity contribution in [1.29, 1.82) is 0 Å². The Kier molecular flexibility index (Phi) is 1.98. The summed E-state index contributed by atoms with van der Waals surface area (Å²) >= 11 is 0. The smallest absolute Gasteiger partial charge is 0.213 e. The largest absolute Gasteiger partial charge is 0.481 e. The third kappa shape index (κ3) is 1.40. The van der Waals surface area contributed by atoms with Gasteiger partial charge in [0.1, 0.15) is 6.61 Å². The first kappa shape index (κ1) is 8.19. The molecular weight excluding hydrogens is 170 g/mol. The molecule has 0 aliphatic carbocycles. The number of aromatic nitrogens is 1. The van der Waals surface area contributed by atoms with Gasteiger partial charge in [0.25, 0.3) is 0 Å². The molecule has 1 aliphatic rings. The van der Waals surface area contributed by atoms with E-state index in [1.54, 1.807) is 19.2 Å². The summed E-state index contributed by atoms with van der Waals surface area (Å²) in [4.78, 5) is 15.4. The Labute approximate surface area is 75.5 Å². The average molecular weight is 179 g/mol. The van der Waals surface area contributed by atoms with E-state index in [2.05, 4.69) is 4.98 Å². The first-order valence-corrected chi connectivity index (χ1v) is 3.96. The number of ether oxygens (including phenoxy) is 2. The third-order valence-electron chi connectivity index (χ3n) is 1.93. The summed E-state index contributed by atoms with van der Waals surface area (Å²) < 4.78 is 9.98. The van der Waals surface area contributed by atoms with Crippen molar-refractivity contribution in [1.82, 2.24) is 4.98 Å². The maximum absolute atomic E-state index is 11.3. The minimum atomic E-state index is -0.0172. The van der Waals surface area contributed by atoms with Crippen molar-refractivity contribution in [3.8, 4) is 5.88 Å². The number of rotatable bonds is 1. The fraction of sp³-hybridized carbons (Fsp3) is 0.333. The van der Waals surface area contributed by atoms with Gasteiger partial charge in [0.15, 0.2) is 5.78 Å². The van der Waals surface area contributed by atoms with Crippen LogP contribution in [0.2, 0.25) is 0 Å². The van der Waals surface area contributed by atoms with Gasteiger partial charge in [-0.05, 0) is 6.07 Å². The highest BCUT2D eigenvalue weighted by molar-refractivity contribution is 5.98. The lowest BCUT2D eigenvalue weighted by molar-refractivity contribution is 0.0653. The van der Waals surface area contributed by atoms with Gasteiger partial charge in [-0.25, -0.2) is 4.98 Å². The summed E-state index contributed by atoms with van der Waals surface area (Å²) in [6.07, 6.45) is 0. The zero-order chi connectivity index (χ0) is 9.26. The number of hydrogen-bond donors (Lipinski definition) is 0. The molecule has 0 spiro atoms. The van der Waals surface area contributed by atoms with E-state index in [1.807, 2.05) is 0 Å². The van der Waals surface area contributed by atoms with Crippen LogP contribution in [0.3, 0.4) is 0 Å².